The molecule has 6 heteroatoms. The van der Waals surface area contributed by atoms with Gasteiger partial charge in [-0.1, -0.05) is 0 Å². The summed E-state index contributed by atoms with van der Waals surface area (Å²) in [6.45, 7) is 0. The molecule has 0 aliphatic rings. The largest absolute Gasteiger partial charge is 0.477 e. The smallest absolute Gasteiger partial charge is 0.348 e. The van der Waals surface area contributed by atoms with Gasteiger partial charge in [0.05, 0.1) is 5.69 Å². The molecule has 5 nitrogen and oxygen atoms in total. The number of anilines is 2. The summed E-state index contributed by atoms with van der Waals surface area (Å²) in [7, 11) is 0. The van der Waals surface area contributed by atoms with E-state index >= 15 is 0 Å². The Bertz CT molecular complexity index is 377. The molecule has 0 saturated heterocycles. The number of carboxylic acids is 1. The van der Waals surface area contributed by atoms with Crippen molar-refractivity contribution in [1.29, 1.82) is 5.26 Å². The van der Waals surface area contributed by atoms with Gasteiger partial charge in [0.15, 0.2) is 0 Å². The Kier molecular flexibility index (Phi) is 1.89. The molecule has 1 rings (SSSR count). The summed E-state index contributed by atoms with van der Waals surface area (Å²) in [6, 6.07) is 1.74. The van der Waals surface area contributed by atoms with Gasteiger partial charge in [-0.3, -0.25) is 0 Å². The van der Waals surface area contributed by atoms with Crippen LogP contribution in [0.3, 0.4) is 0 Å². The van der Waals surface area contributed by atoms with Crippen LogP contribution in [0.5, 0.6) is 0 Å². The van der Waals surface area contributed by atoms with Crippen molar-refractivity contribution in [3.8, 4) is 6.07 Å². The molecule has 0 aliphatic heterocycles. The average molecular weight is 183 g/mol. The SMILES string of the molecule is N#Cc1c(N)sc(C(=O)O)c1N. The number of hydrogen-bond donors (Lipinski definition) is 3. The number of nitrogens with two attached hydrogens (primary N) is 2. The third kappa shape index (κ3) is 1.06. The Balaban J connectivity index is 3.39. The van der Waals surface area contributed by atoms with Crippen LogP contribution in [0.25, 0.3) is 0 Å². The van der Waals surface area contributed by atoms with Gasteiger partial charge in [-0.2, -0.15) is 5.26 Å². The number of nitrogens with zero attached hydrogens (tertiary/aromatic N) is 1. The molecule has 0 aromatic carbocycles. The molecule has 0 amide bonds. The fraction of sp³-hybridized carbons (Fsp3) is 0. The maximum absolute atomic E-state index is 10.5. The van der Waals surface area contributed by atoms with Crippen LogP contribution in [0.2, 0.25) is 0 Å². The molecule has 0 spiro atoms. The number of nitrogen functional groups attached to an aromatic ring is 2. The Morgan fingerprint density at radius 2 is 2.17 bits per heavy atom. The topological polar surface area (TPSA) is 113 Å². The lowest BCUT2D eigenvalue weighted by Gasteiger charge is -1.89. The van der Waals surface area contributed by atoms with Gasteiger partial charge in [0.25, 0.3) is 0 Å². The van der Waals surface area contributed by atoms with Gasteiger partial charge < -0.3 is 16.6 Å². The third-order valence-corrected chi connectivity index (χ3v) is 2.30. The first-order valence-electron chi connectivity index (χ1n) is 2.89. The standard InChI is InChI=1S/C6H5N3O2S/c7-1-2-3(8)4(6(10)11)12-5(2)9/h8-9H2,(H,10,11). The number of rotatable bonds is 1. The maximum Gasteiger partial charge on any atom is 0.348 e. The minimum Gasteiger partial charge on any atom is -0.477 e. The highest BCUT2D eigenvalue weighted by molar-refractivity contribution is 7.18. The second-order valence-corrected chi connectivity index (χ2v) is 3.05. The minimum absolute atomic E-state index is 0.0486. The van der Waals surface area contributed by atoms with Gasteiger partial charge in [0.2, 0.25) is 0 Å². The predicted molar refractivity (Wildman–Crippen MR) is 44.8 cm³/mol. The Labute approximate surface area is 71.8 Å². The summed E-state index contributed by atoms with van der Waals surface area (Å²) in [5.41, 5.74) is 10.7. The second kappa shape index (κ2) is 2.71. The average Bonchev–Trinajstić information content (AvgIpc) is 2.27. The van der Waals surface area contributed by atoms with E-state index in [1.54, 1.807) is 6.07 Å². The number of carbonyl (C=O) groups is 1. The van der Waals surface area contributed by atoms with Crippen LogP contribution in [-0.4, -0.2) is 11.1 Å². The highest BCUT2D eigenvalue weighted by Crippen LogP contribution is 2.32. The van der Waals surface area contributed by atoms with Crippen LogP contribution in [-0.2, 0) is 0 Å². The molecule has 0 unspecified atom stereocenters. The lowest BCUT2D eigenvalue weighted by atomic mass is 10.2. The first kappa shape index (κ1) is 8.36. The first-order chi connectivity index (χ1) is 5.57. The maximum atomic E-state index is 10.5. The van der Waals surface area contributed by atoms with Crippen molar-refractivity contribution < 1.29 is 9.90 Å². The number of hydrogen-bond acceptors (Lipinski definition) is 5. The van der Waals surface area contributed by atoms with Gasteiger partial charge in [-0.15, -0.1) is 11.3 Å². The number of thiophene rings is 1. The monoisotopic (exact) mass is 183 g/mol. The normalized spacial score (nSPS) is 9.25. The molecule has 1 heterocycles. The fourth-order valence-electron chi connectivity index (χ4n) is 0.736. The first-order valence-corrected chi connectivity index (χ1v) is 3.70. The van der Waals surface area contributed by atoms with Gasteiger partial charge >= 0.3 is 5.97 Å². The van der Waals surface area contributed by atoms with Crippen molar-refractivity contribution in [2.24, 2.45) is 0 Å². The molecular formula is C6H5N3O2S. The number of aromatic carboxylic acids is 1. The summed E-state index contributed by atoms with van der Waals surface area (Å²) in [5, 5.41) is 17.2. The van der Waals surface area contributed by atoms with E-state index in [4.69, 9.17) is 21.8 Å². The minimum atomic E-state index is -1.16. The van der Waals surface area contributed by atoms with Crippen molar-refractivity contribution in [2.45, 2.75) is 0 Å². The van der Waals surface area contributed by atoms with Crippen LogP contribution in [0, 0.1) is 11.3 Å². The van der Waals surface area contributed by atoms with Gasteiger partial charge in [0, 0.05) is 0 Å². The zero-order chi connectivity index (χ0) is 9.30. The third-order valence-electron chi connectivity index (χ3n) is 1.28. The van der Waals surface area contributed by atoms with E-state index in [0.717, 1.165) is 11.3 Å². The Morgan fingerprint density at radius 3 is 2.42 bits per heavy atom. The summed E-state index contributed by atoms with van der Waals surface area (Å²) in [5.74, 6) is -1.16. The van der Waals surface area contributed by atoms with Gasteiger partial charge in [-0.05, 0) is 0 Å². The highest BCUT2D eigenvalue weighted by atomic mass is 32.1. The van der Waals surface area contributed by atoms with Crippen molar-refractivity contribution in [3.63, 3.8) is 0 Å². The zero-order valence-electron chi connectivity index (χ0n) is 5.87. The quantitative estimate of drug-likeness (QED) is 0.586. The lowest BCUT2D eigenvalue weighted by Crippen LogP contribution is -1.98. The molecular weight excluding hydrogens is 178 g/mol. The summed E-state index contributed by atoms with van der Waals surface area (Å²) in [6.07, 6.45) is 0. The van der Waals surface area contributed by atoms with E-state index in [9.17, 15) is 4.79 Å². The van der Waals surface area contributed by atoms with E-state index in [2.05, 4.69) is 0 Å². The molecule has 0 bridgehead atoms. The highest BCUT2D eigenvalue weighted by Gasteiger charge is 2.18. The van der Waals surface area contributed by atoms with Crippen LogP contribution in [0.15, 0.2) is 0 Å². The van der Waals surface area contributed by atoms with E-state index in [0.29, 0.717) is 0 Å². The molecule has 0 atom stereocenters. The van der Waals surface area contributed by atoms with Crippen molar-refractivity contribution in [1.82, 2.24) is 0 Å². The molecule has 0 radical (unpaired) electrons. The molecule has 0 fully saturated rings. The molecule has 1 aromatic heterocycles. The van der Waals surface area contributed by atoms with E-state index < -0.39 is 5.97 Å². The lowest BCUT2D eigenvalue weighted by molar-refractivity contribution is 0.0703. The molecule has 0 aliphatic carbocycles. The Hall–Kier alpha value is -1.74. The van der Waals surface area contributed by atoms with Crippen LogP contribution < -0.4 is 11.5 Å². The van der Waals surface area contributed by atoms with Crippen molar-refractivity contribution in [3.05, 3.63) is 10.4 Å². The summed E-state index contributed by atoms with van der Waals surface area (Å²) in [4.78, 5) is 10.4. The van der Waals surface area contributed by atoms with Crippen LogP contribution in [0.4, 0.5) is 10.7 Å². The number of carboxylic acid groups (broad SMARTS) is 1. The van der Waals surface area contributed by atoms with E-state index in [-0.39, 0.29) is 21.1 Å². The van der Waals surface area contributed by atoms with Crippen LogP contribution in [0.1, 0.15) is 15.2 Å². The molecule has 5 N–H and O–H groups in total. The molecule has 1 aromatic rings. The van der Waals surface area contributed by atoms with Gasteiger partial charge in [-0.25, -0.2) is 4.79 Å². The van der Waals surface area contributed by atoms with E-state index in [1.165, 1.54) is 0 Å². The van der Waals surface area contributed by atoms with Crippen LogP contribution >= 0.6 is 11.3 Å². The van der Waals surface area contributed by atoms with Gasteiger partial charge in [0.1, 0.15) is 21.5 Å². The summed E-state index contributed by atoms with van der Waals surface area (Å²) < 4.78 is 0. The Morgan fingerprint density at radius 1 is 1.58 bits per heavy atom. The van der Waals surface area contributed by atoms with E-state index in [1.807, 2.05) is 0 Å². The second-order valence-electron chi connectivity index (χ2n) is 2.00. The van der Waals surface area contributed by atoms with Crippen molar-refractivity contribution >= 4 is 28.0 Å². The molecule has 0 saturated carbocycles. The summed E-state index contributed by atoms with van der Waals surface area (Å²) >= 11 is 0.804. The fourth-order valence-corrected chi connectivity index (χ4v) is 1.51. The number of nitriles is 1. The zero-order valence-corrected chi connectivity index (χ0v) is 6.68. The van der Waals surface area contributed by atoms with Crippen molar-refractivity contribution in [2.75, 3.05) is 11.5 Å². The molecule has 62 valence electrons. The predicted octanol–water partition coefficient (Wildman–Crippen LogP) is 0.482. The molecule has 12 heavy (non-hydrogen) atoms.